The smallest absolute Gasteiger partial charge is 0.419 e. The van der Waals surface area contributed by atoms with Crippen molar-refractivity contribution >= 4 is 22.8 Å². The molecule has 182 valence electrons. The van der Waals surface area contributed by atoms with E-state index in [4.69, 9.17) is 5.73 Å². The molecular weight excluding hydrogens is 449 g/mol. The van der Waals surface area contributed by atoms with Crippen LogP contribution in [0.25, 0.3) is 22.2 Å². The number of nitrogens with zero attached hydrogens (tertiary/aromatic N) is 2. The van der Waals surface area contributed by atoms with E-state index in [1.807, 2.05) is 0 Å². The number of hydrogen-bond donors (Lipinski definition) is 5. The Labute approximate surface area is 194 Å². The van der Waals surface area contributed by atoms with Gasteiger partial charge in [0.15, 0.2) is 0 Å². The Balaban J connectivity index is 1.57. The molecule has 1 saturated carbocycles. The zero-order valence-electron chi connectivity index (χ0n) is 18.5. The molecule has 0 saturated heterocycles. The Kier molecular flexibility index (Phi) is 7.03. The molecule has 8 nitrogen and oxygen atoms in total. The van der Waals surface area contributed by atoms with Crippen molar-refractivity contribution in [1.29, 1.82) is 0 Å². The van der Waals surface area contributed by atoms with Crippen molar-refractivity contribution in [3.63, 3.8) is 0 Å². The minimum atomic E-state index is -4.65. The van der Waals surface area contributed by atoms with Crippen LogP contribution >= 0.6 is 0 Å². The molecule has 2 aromatic heterocycles. The van der Waals surface area contributed by atoms with E-state index in [0.29, 0.717) is 23.5 Å². The summed E-state index contributed by atoms with van der Waals surface area (Å²) >= 11 is 0. The number of anilines is 1. The van der Waals surface area contributed by atoms with E-state index in [1.165, 1.54) is 24.4 Å². The number of nitrogens with one attached hydrogen (secondary N) is 3. The van der Waals surface area contributed by atoms with Crippen molar-refractivity contribution in [2.24, 2.45) is 5.73 Å². The Morgan fingerprint density at radius 1 is 1.24 bits per heavy atom. The lowest BCUT2D eigenvalue weighted by molar-refractivity contribution is -0.137. The van der Waals surface area contributed by atoms with Gasteiger partial charge in [0.05, 0.1) is 11.3 Å². The number of alkyl halides is 3. The predicted molar refractivity (Wildman–Crippen MR) is 123 cm³/mol. The number of carboxylic acid groups (broad SMARTS) is 1. The third-order valence-electron chi connectivity index (χ3n) is 6.11. The number of unbranched alkanes of at least 4 members (excludes halogenated alkanes) is 1. The standard InChI is InChI=1S/C23H27F3N6O2/c24-23(25,26)18-12-30-22(31-15-5-4-14(10-15)28-8-2-1-7-27)32-20(18)17-11-29-19-9-13(21(33)34)3-6-16(17)19/h3,6,9,11-12,14-15,28-29H,1-2,4-5,7-8,10,27H2,(H,33,34)(H,30,31,32)/t14-,15-/m0/s1. The molecule has 1 fully saturated rings. The summed E-state index contributed by atoms with van der Waals surface area (Å²) in [5.41, 5.74) is 4.99. The van der Waals surface area contributed by atoms with Gasteiger partial charge in [0.1, 0.15) is 5.56 Å². The molecule has 2 atom stereocenters. The van der Waals surface area contributed by atoms with Gasteiger partial charge in [0.2, 0.25) is 5.95 Å². The Morgan fingerprint density at radius 3 is 2.76 bits per heavy atom. The van der Waals surface area contributed by atoms with Crippen LogP contribution in [0, 0.1) is 0 Å². The number of aromatic amines is 1. The summed E-state index contributed by atoms with van der Waals surface area (Å²) < 4.78 is 41.3. The van der Waals surface area contributed by atoms with Gasteiger partial charge >= 0.3 is 12.1 Å². The van der Waals surface area contributed by atoms with E-state index in [0.717, 1.165) is 44.8 Å². The molecule has 1 aliphatic carbocycles. The van der Waals surface area contributed by atoms with Gasteiger partial charge in [-0.2, -0.15) is 13.2 Å². The van der Waals surface area contributed by atoms with Crippen LogP contribution < -0.4 is 16.4 Å². The van der Waals surface area contributed by atoms with Crippen molar-refractivity contribution < 1.29 is 23.1 Å². The molecule has 1 aromatic carbocycles. The first-order chi connectivity index (χ1) is 16.3. The van der Waals surface area contributed by atoms with Gasteiger partial charge in [-0.3, -0.25) is 0 Å². The lowest BCUT2D eigenvalue weighted by Gasteiger charge is -2.17. The molecule has 6 N–H and O–H groups in total. The number of rotatable bonds is 9. The van der Waals surface area contributed by atoms with E-state index in [1.54, 1.807) is 0 Å². The number of benzene rings is 1. The average Bonchev–Trinajstić information content (AvgIpc) is 3.42. The van der Waals surface area contributed by atoms with Gasteiger partial charge in [-0.25, -0.2) is 14.8 Å². The second kappa shape index (κ2) is 9.98. The summed E-state index contributed by atoms with van der Waals surface area (Å²) in [7, 11) is 0. The zero-order valence-corrected chi connectivity index (χ0v) is 18.5. The lowest BCUT2D eigenvalue weighted by atomic mass is 10.0. The van der Waals surface area contributed by atoms with E-state index >= 15 is 0 Å². The van der Waals surface area contributed by atoms with Gasteiger partial charge in [-0.15, -0.1) is 0 Å². The molecule has 2 heterocycles. The highest BCUT2D eigenvalue weighted by molar-refractivity contribution is 5.99. The zero-order chi connectivity index (χ0) is 24.3. The molecule has 34 heavy (non-hydrogen) atoms. The number of carbonyl (C=O) groups is 1. The molecule has 11 heteroatoms. The number of nitrogens with two attached hydrogens (primary N) is 1. The van der Waals surface area contributed by atoms with Crippen LogP contribution in [0.1, 0.15) is 48.0 Å². The Morgan fingerprint density at radius 2 is 2.03 bits per heavy atom. The normalized spacial score (nSPS) is 18.5. The largest absolute Gasteiger partial charge is 0.478 e. The van der Waals surface area contributed by atoms with Crippen molar-refractivity contribution in [1.82, 2.24) is 20.3 Å². The van der Waals surface area contributed by atoms with Crippen LogP contribution in [-0.2, 0) is 6.18 Å². The highest BCUT2D eigenvalue weighted by atomic mass is 19.4. The molecule has 0 aliphatic heterocycles. The molecule has 0 spiro atoms. The first kappa shape index (κ1) is 24.0. The summed E-state index contributed by atoms with van der Waals surface area (Å²) in [6.07, 6.45) is 2.18. The molecule has 0 amide bonds. The van der Waals surface area contributed by atoms with Gasteiger partial charge < -0.3 is 26.5 Å². The summed E-state index contributed by atoms with van der Waals surface area (Å²) in [5, 5.41) is 16.3. The first-order valence-electron chi connectivity index (χ1n) is 11.2. The third kappa shape index (κ3) is 5.31. The number of hydrogen-bond acceptors (Lipinski definition) is 6. The van der Waals surface area contributed by atoms with Crippen molar-refractivity contribution in [2.75, 3.05) is 18.4 Å². The van der Waals surface area contributed by atoms with Crippen LogP contribution in [0.15, 0.2) is 30.6 Å². The number of aromatic carboxylic acids is 1. The fourth-order valence-corrected chi connectivity index (χ4v) is 4.38. The molecule has 0 radical (unpaired) electrons. The molecule has 3 aromatic rings. The van der Waals surface area contributed by atoms with Crippen LogP contribution in [0.3, 0.4) is 0 Å². The van der Waals surface area contributed by atoms with E-state index in [9.17, 15) is 23.1 Å². The van der Waals surface area contributed by atoms with Crippen LogP contribution in [-0.4, -0.2) is 51.2 Å². The Bertz CT molecular complexity index is 1160. The lowest BCUT2D eigenvalue weighted by Crippen LogP contribution is -2.29. The summed E-state index contributed by atoms with van der Waals surface area (Å²) in [5.74, 6) is -0.987. The second-order valence-corrected chi connectivity index (χ2v) is 8.52. The molecule has 4 rings (SSSR count). The number of fused-ring (bicyclic) bond motifs is 1. The maximum Gasteiger partial charge on any atom is 0.419 e. The van der Waals surface area contributed by atoms with Gasteiger partial charge in [-0.1, -0.05) is 6.07 Å². The van der Waals surface area contributed by atoms with Crippen molar-refractivity contribution in [3.05, 3.63) is 41.7 Å². The maximum atomic E-state index is 13.8. The van der Waals surface area contributed by atoms with Crippen LogP contribution in [0.2, 0.25) is 0 Å². The van der Waals surface area contributed by atoms with E-state index in [2.05, 4.69) is 25.6 Å². The number of H-pyrrole nitrogens is 1. The predicted octanol–water partition coefficient (Wildman–Crippen LogP) is 4.00. The molecule has 0 unspecified atom stereocenters. The third-order valence-corrected chi connectivity index (χ3v) is 6.11. The molecular formula is C23H27F3N6O2. The Hall–Kier alpha value is -3.18. The summed E-state index contributed by atoms with van der Waals surface area (Å²) in [4.78, 5) is 22.3. The van der Waals surface area contributed by atoms with E-state index < -0.39 is 17.7 Å². The number of aromatic nitrogens is 3. The number of halogens is 3. The van der Waals surface area contributed by atoms with E-state index in [-0.39, 0.29) is 28.8 Å². The fourth-order valence-electron chi connectivity index (χ4n) is 4.38. The first-order valence-corrected chi connectivity index (χ1v) is 11.2. The molecule has 0 bridgehead atoms. The minimum absolute atomic E-state index is 0.0365. The number of carboxylic acids is 1. The molecule has 1 aliphatic rings. The SMILES string of the molecule is NCCCCN[C@H]1CC[C@H](Nc2ncc(C(F)(F)F)c(-c3c[nH]c4cc(C(=O)O)ccc34)n2)C1. The second-order valence-electron chi connectivity index (χ2n) is 8.52. The fraction of sp³-hybridized carbons (Fsp3) is 0.435. The quantitative estimate of drug-likeness (QED) is 0.295. The van der Waals surface area contributed by atoms with Crippen molar-refractivity contribution in [2.45, 2.75) is 50.4 Å². The van der Waals surface area contributed by atoms with Crippen molar-refractivity contribution in [3.8, 4) is 11.3 Å². The summed E-state index contributed by atoms with van der Waals surface area (Å²) in [6, 6.07) is 4.61. The maximum absolute atomic E-state index is 13.8. The van der Waals surface area contributed by atoms with Gasteiger partial charge in [-0.05, 0) is 57.3 Å². The topological polar surface area (TPSA) is 129 Å². The monoisotopic (exact) mass is 476 g/mol. The van der Waals surface area contributed by atoms with Gasteiger partial charge in [0.25, 0.3) is 0 Å². The summed E-state index contributed by atoms with van der Waals surface area (Å²) in [6.45, 7) is 1.56. The van der Waals surface area contributed by atoms with Crippen LogP contribution in [0.5, 0.6) is 0 Å². The average molecular weight is 477 g/mol. The van der Waals surface area contributed by atoms with Crippen LogP contribution in [0.4, 0.5) is 19.1 Å². The van der Waals surface area contributed by atoms with Gasteiger partial charge in [0, 0.05) is 40.9 Å². The highest BCUT2D eigenvalue weighted by Crippen LogP contribution is 2.39. The highest BCUT2D eigenvalue weighted by Gasteiger charge is 2.36. The minimum Gasteiger partial charge on any atom is -0.478 e.